The zero-order valence-electron chi connectivity index (χ0n) is 19.8. The standard InChI is InChI=1S/C33H24N2/c1-21-10-7-11-22(2)32(21)35-20-34-31-29-19-9-18-26(25-17-8-13-23-12-3-4-14-24(23)25)30(29)27-15-5-6-16-28(27)33(31)35/h3-20H,1-2H3. The molecule has 0 spiro atoms. The van der Waals surface area contributed by atoms with Crippen molar-refractivity contribution >= 4 is 43.4 Å². The minimum atomic E-state index is 1.04. The average molecular weight is 449 g/mol. The molecular formula is C33H24N2. The predicted molar refractivity (Wildman–Crippen MR) is 148 cm³/mol. The van der Waals surface area contributed by atoms with Gasteiger partial charge < -0.3 is 0 Å². The zero-order valence-corrected chi connectivity index (χ0v) is 19.8. The van der Waals surface area contributed by atoms with Crippen LogP contribution in [-0.2, 0) is 0 Å². The number of hydrogen-bond donors (Lipinski definition) is 0. The third-order valence-corrected chi connectivity index (χ3v) is 7.30. The maximum atomic E-state index is 5.02. The second kappa shape index (κ2) is 7.54. The Bertz CT molecular complexity index is 1900. The van der Waals surface area contributed by atoms with Crippen LogP contribution in [0.2, 0.25) is 0 Å². The van der Waals surface area contributed by atoms with Crippen molar-refractivity contribution in [2.45, 2.75) is 13.8 Å². The summed E-state index contributed by atoms with van der Waals surface area (Å²) in [6.07, 6.45) is 2.00. The largest absolute Gasteiger partial charge is 0.298 e. The Labute approximate surface area is 204 Å². The van der Waals surface area contributed by atoms with Crippen molar-refractivity contribution in [3.63, 3.8) is 0 Å². The topological polar surface area (TPSA) is 17.8 Å². The van der Waals surface area contributed by atoms with Gasteiger partial charge in [0.2, 0.25) is 0 Å². The van der Waals surface area contributed by atoms with E-state index >= 15 is 0 Å². The fraction of sp³-hybridized carbons (Fsp3) is 0.0606. The van der Waals surface area contributed by atoms with E-state index in [2.05, 4.69) is 122 Å². The summed E-state index contributed by atoms with van der Waals surface area (Å²) in [6, 6.07) is 37.1. The highest BCUT2D eigenvalue weighted by Gasteiger charge is 2.19. The lowest BCUT2D eigenvalue weighted by Crippen LogP contribution is -1.99. The average Bonchev–Trinajstić information content (AvgIpc) is 3.33. The van der Waals surface area contributed by atoms with Gasteiger partial charge in [0.05, 0.1) is 16.7 Å². The second-order valence-electron chi connectivity index (χ2n) is 9.35. The van der Waals surface area contributed by atoms with Gasteiger partial charge in [-0.25, -0.2) is 4.98 Å². The summed E-state index contributed by atoms with van der Waals surface area (Å²) in [6.45, 7) is 4.35. The summed E-state index contributed by atoms with van der Waals surface area (Å²) in [5.74, 6) is 0. The van der Waals surface area contributed by atoms with Gasteiger partial charge >= 0.3 is 0 Å². The maximum Gasteiger partial charge on any atom is 0.100 e. The van der Waals surface area contributed by atoms with Gasteiger partial charge in [-0.2, -0.15) is 0 Å². The second-order valence-corrected chi connectivity index (χ2v) is 9.35. The molecule has 0 amide bonds. The first-order valence-corrected chi connectivity index (χ1v) is 12.1. The van der Waals surface area contributed by atoms with Crippen LogP contribution >= 0.6 is 0 Å². The van der Waals surface area contributed by atoms with Gasteiger partial charge in [0, 0.05) is 10.8 Å². The number of aromatic nitrogens is 2. The lowest BCUT2D eigenvalue weighted by molar-refractivity contribution is 1.06. The highest BCUT2D eigenvalue weighted by atomic mass is 15.1. The fourth-order valence-corrected chi connectivity index (χ4v) is 5.79. The molecule has 35 heavy (non-hydrogen) atoms. The summed E-state index contributed by atoms with van der Waals surface area (Å²) in [5.41, 5.74) is 8.43. The number of aryl methyl sites for hydroxylation is 2. The monoisotopic (exact) mass is 448 g/mol. The summed E-state index contributed by atoms with van der Waals surface area (Å²) < 4.78 is 2.28. The summed E-state index contributed by atoms with van der Waals surface area (Å²) in [5, 5.41) is 7.46. The van der Waals surface area contributed by atoms with E-state index < -0.39 is 0 Å². The highest BCUT2D eigenvalue weighted by molar-refractivity contribution is 6.27. The van der Waals surface area contributed by atoms with E-state index in [1.807, 2.05) is 6.33 Å². The number of nitrogens with zero attached hydrogens (tertiary/aromatic N) is 2. The van der Waals surface area contributed by atoms with E-state index in [9.17, 15) is 0 Å². The third kappa shape index (κ3) is 2.87. The molecule has 1 aromatic heterocycles. The molecule has 0 aliphatic rings. The number of rotatable bonds is 2. The zero-order chi connectivity index (χ0) is 23.5. The number of fused-ring (bicyclic) bond motifs is 7. The Morgan fingerprint density at radius 2 is 1.14 bits per heavy atom. The first kappa shape index (κ1) is 20.0. The van der Waals surface area contributed by atoms with Gasteiger partial charge in [0.25, 0.3) is 0 Å². The molecule has 0 fully saturated rings. The number of para-hydroxylation sites is 1. The normalized spacial score (nSPS) is 11.7. The molecule has 2 heteroatoms. The Kier molecular flexibility index (Phi) is 4.31. The van der Waals surface area contributed by atoms with Crippen LogP contribution in [0.25, 0.3) is 60.2 Å². The fourth-order valence-electron chi connectivity index (χ4n) is 5.79. The molecular weight excluding hydrogens is 424 g/mol. The van der Waals surface area contributed by atoms with Gasteiger partial charge in [-0.1, -0.05) is 103 Å². The third-order valence-electron chi connectivity index (χ3n) is 7.30. The van der Waals surface area contributed by atoms with E-state index in [4.69, 9.17) is 4.98 Å². The van der Waals surface area contributed by atoms with E-state index in [0.717, 1.165) is 5.52 Å². The van der Waals surface area contributed by atoms with Crippen molar-refractivity contribution in [1.29, 1.82) is 0 Å². The number of benzene rings is 6. The highest BCUT2D eigenvalue weighted by Crippen LogP contribution is 2.42. The molecule has 7 aromatic rings. The maximum absolute atomic E-state index is 5.02. The van der Waals surface area contributed by atoms with Crippen LogP contribution in [0.3, 0.4) is 0 Å². The molecule has 7 rings (SSSR count). The molecule has 0 bridgehead atoms. The van der Waals surface area contributed by atoms with Crippen LogP contribution in [0.4, 0.5) is 0 Å². The quantitative estimate of drug-likeness (QED) is 0.242. The molecule has 6 aromatic carbocycles. The molecule has 0 atom stereocenters. The lowest BCUT2D eigenvalue weighted by atomic mass is 9.90. The molecule has 0 aliphatic heterocycles. The first-order chi connectivity index (χ1) is 17.2. The van der Waals surface area contributed by atoms with Crippen molar-refractivity contribution in [2.75, 3.05) is 0 Å². The first-order valence-electron chi connectivity index (χ1n) is 12.1. The van der Waals surface area contributed by atoms with Gasteiger partial charge in [0.1, 0.15) is 6.33 Å². The Morgan fingerprint density at radius 3 is 1.97 bits per heavy atom. The van der Waals surface area contributed by atoms with Crippen LogP contribution in [0, 0.1) is 13.8 Å². The van der Waals surface area contributed by atoms with E-state index in [1.54, 1.807) is 0 Å². The van der Waals surface area contributed by atoms with Crippen LogP contribution < -0.4 is 0 Å². The minimum Gasteiger partial charge on any atom is -0.298 e. The summed E-state index contributed by atoms with van der Waals surface area (Å²) in [7, 11) is 0. The van der Waals surface area contributed by atoms with Gasteiger partial charge in [-0.05, 0) is 57.6 Å². The molecule has 0 N–H and O–H groups in total. The molecule has 2 nitrogen and oxygen atoms in total. The molecule has 0 radical (unpaired) electrons. The van der Waals surface area contributed by atoms with E-state index in [-0.39, 0.29) is 0 Å². The number of imidazole rings is 1. The van der Waals surface area contributed by atoms with Gasteiger partial charge in [-0.3, -0.25) is 4.57 Å². The van der Waals surface area contributed by atoms with Crippen molar-refractivity contribution < 1.29 is 0 Å². The van der Waals surface area contributed by atoms with Crippen molar-refractivity contribution in [1.82, 2.24) is 9.55 Å². The van der Waals surface area contributed by atoms with Crippen LogP contribution in [-0.4, -0.2) is 9.55 Å². The van der Waals surface area contributed by atoms with Crippen LogP contribution in [0.1, 0.15) is 11.1 Å². The van der Waals surface area contributed by atoms with E-state index in [1.165, 1.54) is 65.8 Å². The smallest absolute Gasteiger partial charge is 0.100 e. The molecule has 166 valence electrons. The molecule has 0 saturated heterocycles. The molecule has 1 heterocycles. The van der Waals surface area contributed by atoms with Crippen molar-refractivity contribution in [3.05, 3.63) is 121 Å². The Balaban J connectivity index is 1.67. The van der Waals surface area contributed by atoms with Crippen LogP contribution in [0.15, 0.2) is 109 Å². The molecule has 0 saturated carbocycles. The minimum absolute atomic E-state index is 1.04. The lowest BCUT2D eigenvalue weighted by Gasteiger charge is -2.16. The summed E-state index contributed by atoms with van der Waals surface area (Å²) >= 11 is 0. The molecule has 0 unspecified atom stereocenters. The SMILES string of the molecule is Cc1cccc(C)c1-n1cnc2c3cccc(-c4cccc5ccccc45)c3c3ccccc3c21. The number of hydrogen-bond acceptors (Lipinski definition) is 1. The predicted octanol–water partition coefficient (Wildman–Crippen LogP) is 8.77. The van der Waals surface area contributed by atoms with Crippen molar-refractivity contribution in [3.8, 4) is 16.8 Å². The van der Waals surface area contributed by atoms with Crippen LogP contribution in [0.5, 0.6) is 0 Å². The molecule has 0 aliphatic carbocycles. The van der Waals surface area contributed by atoms with E-state index in [0.29, 0.717) is 0 Å². The van der Waals surface area contributed by atoms with Crippen molar-refractivity contribution in [2.24, 2.45) is 0 Å². The Morgan fingerprint density at radius 1 is 0.543 bits per heavy atom. The summed E-state index contributed by atoms with van der Waals surface area (Å²) in [4.78, 5) is 5.02. The van der Waals surface area contributed by atoms with Gasteiger partial charge in [-0.15, -0.1) is 0 Å². The van der Waals surface area contributed by atoms with Gasteiger partial charge in [0.15, 0.2) is 0 Å². The Hall–Kier alpha value is -4.43.